The van der Waals surface area contributed by atoms with Crippen LogP contribution in [0.25, 0.3) is 0 Å². The number of benzene rings is 2. The number of amides is 2. The number of thioether (sulfide) groups is 1. The third kappa shape index (κ3) is 4.64. The predicted octanol–water partition coefficient (Wildman–Crippen LogP) is 5.14. The third-order valence-corrected chi connectivity index (χ3v) is 6.64. The molecule has 1 N–H and O–H groups in total. The quantitative estimate of drug-likeness (QED) is 0.562. The summed E-state index contributed by atoms with van der Waals surface area (Å²) in [5.41, 5.74) is 2.48. The van der Waals surface area contributed by atoms with Gasteiger partial charge in [-0.25, -0.2) is 9.37 Å². The van der Waals surface area contributed by atoms with Gasteiger partial charge in [-0.3, -0.25) is 14.5 Å². The molecule has 0 radical (unpaired) electrons. The number of anilines is 1. The van der Waals surface area contributed by atoms with Crippen LogP contribution in [0, 0.1) is 12.7 Å². The Kier molecular flexibility index (Phi) is 6.48. The highest BCUT2D eigenvalue weighted by atomic mass is 35.5. The average Bonchev–Trinajstić information content (AvgIpc) is 2.77. The maximum absolute atomic E-state index is 14.4. The van der Waals surface area contributed by atoms with E-state index in [-0.39, 0.29) is 39.9 Å². The molecule has 2 heterocycles. The zero-order valence-electron chi connectivity index (χ0n) is 17.6. The Morgan fingerprint density at radius 2 is 2.00 bits per heavy atom. The summed E-state index contributed by atoms with van der Waals surface area (Å²) in [5.74, 6) is -0.730. The number of pyridine rings is 1. The zero-order chi connectivity index (χ0) is 22.8. The number of aromatic nitrogens is 1. The molecule has 2 amide bonds. The van der Waals surface area contributed by atoms with Crippen LogP contribution in [0.5, 0.6) is 0 Å². The molecule has 0 bridgehead atoms. The van der Waals surface area contributed by atoms with E-state index in [0.29, 0.717) is 12.4 Å². The first-order valence-corrected chi connectivity index (χ1v) is 11.3. The number of nitrogens with one attached hydrogen (secondary N) is 1. The number of carbonyl (C=O) groups excluding carboxylic acids is 2. The summed E-state index contributed by atoms with van der Waals surface area (Å²) in [5, 5.41) is 2.73. The topological polar surface area (TPSA) is 62.3 Å². The molecule has 5 nitrogen and oxygen atoms in total. The zero-order valence-corrected chi connectivity index (χ0v) is 19.1. The van der Waals surface area contributed by atoms with E-state index in [9.17, 15) is 14.0 Å². The van der Waals surface area contributed by atoms with E-state index in [4.69, 9.17) is 11.6 Å². The minimum atomic E-state index is -0.496. The second-order valence-electron chi connectivity index (χ2n) is 7.57. The molecule has 3 aromatic rings. The first-order chi connectivity index (χ1) is 15.3. The van der Waals surface area contributed by atoms with Gasteiger partial charge in [0.15, 0.2) is 0 Å². The number of aryl methyl sites for hydroxylation is 1. The molecule has 0 saturated carbocycles. The van der Waals surface area contributed by atoms with Gasteiger partial charge in [-0.05, 0) is 43.7 Å². The Hall–Kier alpha value is -2.90. The summed E-state index contributed by atoms with van der Waals surface area (Å²) in [7, 11) is 0. The fourth-order valence-electron chi connectivity index (χ4n) is 3.50. The lowest BCUT2D eigenvalue weighted by atomic mass is 10.1. The van der Waals surface area contributed by atoms with Gasteiger partial charge in [-0.2, -0.15) is 0 Å². The lowest BCUT2D eigenvalue weighted by Gasteiger charge is -2.31. The smallest absolute Gasteiger partial charge is 0.270 e. The number of carbonyl (C=O) groups is 2. The number of nitrogens with zero attached hydrogens (tertiary/aromatic N) is 2. The summed E-state index contributed by atoms with van der Waals surface area (Å²) >= 11 is 7.55. The molecule has 32 heavy (non-hydrogen) atoms. The van der Waals surface area contributed by atoms with Crippen LogP contribution in [-0.4, -0.2) is 22.0 Å². The molecule has 1 aliphatic rings. The summed E-state index contributed by atoms with van der Waals surface area (Å²) < 4.78 is 14.4. The van der Waals surface area contributed by atoms with E-state index >= 15 is 0 Å². The Morgan fingerprint density at radius 1 is 1.22 bits per heavy atom. The van der Waals surface area contributed by atoms with Crippen LogP contribution in [0.4, 0.5) is 10.2 Å². The van der Waals surface area contributed by atoms with Gasteiger partial charge in [0, 0.05) is 17.1 Å². The van der Waals surface area contributed by atoms with Gasteiger partial charge >= 0.3 is 0 Å². The van der Waals surface area contributed by atoms with Crippen molar-refractivity contribution in [3.8, 4) is 0 Å². The van der Waals surface area contributed by atoms with Crippen LogP contribution in [0.3, 0.4) is 0 Å². The summed E-state index contributed by atoms with van der Waals surface area (Å²) in [6.07, 6.45) is 0. The Labute approximate surface area is 195 Å². The molecule has 0 aliphatic carbocycles. The van der Waals surface area contributed by atoms with E-state index in [2.05, 4.69) is 10.3 Å². The van der Waals surface area contributed by atoms with Crippen LogP contribution in [0.2, 0.25) is 5.02 Å². The average molecular weight is 470 g/mol. The second-order valence-corrected chi connectivity index (χ2v) is 9.36. The highest BCUT2D eigenvalue weighted by Crippen LogP contribution is 2.39. The highest BCUT2D eigenvalue weighted by molar-refractivity contribution is 8.00. The predicted molar refractivity (Wildman–Crippen MR) is 125 cm³/mol. The first kappa shape index (κ1) is 22.3. The number of halogens is 2. The first-order valence-electron chi connectivity index (χ1n) is 10.1. The van der Waals surface area contributed by atoms with Gasteiger partial charge < -0.3 is 5.32 Å². The Bertz CT molecular complexity index is 1180. The lowest BCUT2D eigenvalue weighted by Crippen LogP contribution is -2.40. The van der Waals surface area contributed by atoms with Crippen molar-refractivity contribution in [2.24, 2.45) is 0 Å². The summed E-state index contributed by atoms with van der Waals surface area (Å²) in [4.78, 5) is 32.3. The van der Waals surface area contributed by atoms with Crippen molar-refractivity contribution in [3.63, 3.8) is 0 Å². The molecule has 0 spiro atoms. The highest BCUT2D eigenvalue weighted by Gasteiger charge is 2.33. The maximum atomic E-state index is 14.4. The largest absolute Gasteiger partial charge is 0.347 e. The second kappa shape index (κ2) is 9.30. The van der Waals surface area contributed by atoms with Crippen LogP contribution < -0.4 is 10.2 Å². The Morgan fingerprint density at radius 3 is 2.75 bits per heavy atom. The minimum absolute atomic E-state index is 0.0659. The van der Waals surface area contributed by atoms with Gasteiger partial charge in [0.05, 0.1) is 16.7 Å². The monoisotopic (exact) mass is 469 g/mol. The van der Waals surface area contributed by atoms with Crippen LogP contribution in [0.15, 0.2) is 59.5 Å². The number of fused-ring (bicyclic) bond motifs is 1. The molecule has 1 aliphatic heterocycles. The van der Waals surface area contributed by atoms with E-state index < -0.39 is 5.82 Å². The maximum Gasteiger partial charge on any atom is 0.270 e. The Balaban J connectivity index is 1.61. The minimum Gasteiger partial charge on any atom is -0.347 e. The van der Waals surface area contributed by atoms with Crippen molar-refractivity contribution in [2.75, 3.05) is 4.90 Å². The summed E-state index contributed by atoms with van der Waals surface area (Å²) in [6.45, 7) is 4.07. The number of hydrogen-bond donors (Lipinski definition) is 1. The molecular formula is C24H21ClFN3O2S. The van der Waals surface area contributed by atoms with Crippen LogP contribution in [0.1, 0.15) is 34.1 Å². The number of hydrogen-bond acceptors (Lipinski definition) is 4. The third-order valence-electron chi connectivity index (χ3n) is 5.16. The van der Waals surface area contributed by atoms with Crippen molar-refractivity contribution in [1.29, 1.82) is 0 Å². The molecular weight excluding hydrogens is 449 g/mol. The fraction of sp³-hybridized carbons (Fsp3) is 0.208. The molecule has 0 fully saturated rings. The molecule has 1 atom stereocenters. The van der Waals surface area contributed by atoms with E-state index in [1.54, 1.807) is 25.1 Å². The molecule has 1 aromatic heterocycles. The lowest BCUT2D eigenvalue weighted by molar-refractivity contribution is -0.118. The molecule has 164 valence electrons. The normalized spacial score (nSPS) is 15.4. The van der Waals surface area contributed by atoms with Gasteiger partial charge in [0.25, 0.3) is 5.91 Å². The van der Waals surface area contributed by atoms with Crippen molar-refractivity contribution in [2.45, 2.75) is 37.1 Å². The SMILES string of the molecule is Cc1cccc(CNC(=O)c2ccc3c(n2)N(Cc2c(F)cccc2Cl)C(=O)C(C)S3)c1. The van der Waals surface area contributed by atoms with Crippen molar-refractivity contribution >= 4 is 41.0 Å². The van der Waals surface area contributed by atoms with Crippen molar-refractivity contribution in [3.05, 3.63) is 87.8 Å². The van der Waals surface area contributed by atoms with Gasteiger partial charge in [0.1, 0.15) is 17.3 Å². The fourth-order valence-corrected chi connectivity index (χ4v) is 4.74. The van der Waals surface area contributed by atoms with Crippen LogP contribution in [-0.2, 0) is 17.9 Å². The van der Waals surface area contributed by atoms with Gasteiger partial charge in [-0.1, -0.05) is 47.5 Å². The molecule has 8 heteroatoms. The molecule has 0 saturated heterocycles. The van der Waals surface area contributed by atoms with E-state index in [1.165, 1.54) is 28.8 Å². The van der Waals surface area contributed by atoms with Gasteiger partial charge in [0.2, 0.25) is 5.91 Å². The standard InChI is InChI=1S/C24H21ClFN3O2S/c1-14-5-3-6-16(11-14)12-27-23(30)20-9-10-21-22(28-20)29(24(31)15(2)32-21)13-17-18(25)7-4-8-19(17)26/h3-11,15H,12-13H2,1-2H3,(H,27,30). The van der Waals surface area contributed by atoms with Gasteiger partial charge in [-0.15, -0.1) is 11.8 Å². The molecule has 2 aromatic carbocycles. The molecule has 4 rings (SSSR count). The molecule has 1 unspecified atom stereocenters. The summed E-state index contributed by atoms with van der Waals surface area (Å²) in [6, 6.07) is 15.7. The van der Waals surface area contributed by atoms with E-state index in [0.717, 1.165) is 16.0 Å². The van der Waals surface area contributed by atoms with E-state index in [1.807, 2.05) is 31.2 Å². The van der Waals surface area contributed by atoms with Crippen molar-refractivity contribution < 1.29 is 14.0 Å². The van der Waals surface area contributed by atoms with Crippen molar-refractivity contribution in [1.82, 2.24) is 10.3 Å². The van der Waals surface area contributed by atoms with Crippen LogP contribution >= 0.6 is 23.4 Å². The number of rotatable bonds is 5.